The summed E-state index contributed by atoms with van der Waals surface area (Å²) in [5.41, 5.74) is 4.31. The molecule has 0 aliphatic rings. The summed E-state index contributed by atoms with van der Waals surface area (Å²) in [5, 5.41) is 0.134. The first-order valence-electron chi connectivity index (χ1n) is 9.58. The van der Waals surface area contributed by atoms with Crippen molar-refractivity contribution in [1.82, 2.24) is 14.9 Å². The van der Waals surface area contributed by atoms with Crippen molar-refractivity contribution < 1.29 is 4.79 Å². The lowest BCUT2D eigenvalue weighted by Gasteiger charge is -2.22. The molecule has 1 N–H and O–H groups in total. The molecular weight excluding hydrogens is 368 g/mol. The van der Waals surface area contributed by atoms with E-state index in [1.165, 1.54) is 0 Å². The first-order valence-corrected chi connectivity index (χ1v) is 10.6. The van der Waals surface area contributed by atoms with Gasteiger partial charge in [0.25, 0.3) is 0 Å². The topological polar surface area (TPSA) is 52.2 Å². The maximum atomic E-state index is 12.7. The van der Waals surface area contributed by atoms with Crippen LogP contribution in [0.15, 0.2) is 48.5 Å². The maximum Gasteiger partial charge on any atom is 0.232 e. The Labute approximate surface area is 171 Å². The van der Waals surface area contributed by atoms with Crippen molar-refractivity contribution >= 4 is 34.4 Å². The summed E-state index contributed by atoms with van der Waals surface area (Å²) in [7, 11) is 4.05. The van der Waals surface area contributed by atoms with Gasteiger partial charge in [-0.15, -0.1) is 11.8 Å². The number of nitrogens with zero attached hydrogens (tertiary/aromatic N) is 3. The normalized spacial score (nSPS) is 12.1. The first-order chi connectivity index (χ1) is 13.5. The number of para-hydroxylation sites is 2. The van der Waals surface area contributed by atoms with E-state index in [4.69, 9.17) is 0 Å². The van der Waals surface area contributed by atoms with Gasteiger partial charge >= 0.3 is 0 Å². The lowest BCUT2D eigenvalue weighted by molar-refractivity contribution is -0.128. The molecular formula is C22H28N4OS. The van der Waals surface area contributed by atoms with Crippen LogP contribution in [0.25, 0.3) is 11.0 Å². The van der Waals surface area contributed by atoms with E-state index >= 15 is 0 Å². The molecule has 0 fully saturated rings. The van der Waals surface area contributed by atoms with Crippen molar-refractivity contribution in [2.24, 2.45) is 0 Å². The number of anilines is 1. The molecule has 6 heteroatoms. The minimum Gasteiger partial charge on any atom is -0.378 e. The number of hydrogen-bond donors (Lipinski definition) is 1. The molecule has 0 saturated carbocycles. The van der Waals surface area contributed by atoms with Crippen LogP contribution in [0.2, 0.25) is 0 Å². The molecule has 3 aromatic rings. The predicted octanol–water partition coefficient (Wildman–Crippen LogP) is 4.47. The molecule has 28 heavy (non-hydrogen) atoms. The van der Waals surface area contributed by atoms with Gasteiger partial charge < -0.3 is 14.8 Å². The highest BCUT2D eigenvalue weighted by Gasteiger charge is 2.17. The summed E-state index contributed by atoms with van der Waals surface area (Å²) < 4.78 is 0. The van der Waals surface area contributed by atoms with Crippen molar-refractivity contribution in [3.05, 3.63) is 59.9 Å². The molecule has 0 bridgehead atoms. The monoisotopic (exact) mass is 396 g/mol. The van der Waals surface area contributed by atoms with Crippen LogP contribution in [-0.2, 0) is 11.3 Å². The van der Waals surface area contributed by atoms with Crippen molar-refractivity contribution in [1.29, 1.82) is 0 Å². The van der Waals surface area contributed by atoms with Gasteiger partial charge in [-0.1, -0.05) is 24.3 Å². The van der Waals surface area contributed by atoms with Gasteiger partial charge in [-0.2, -0.15) is 0 Å². The van der Waals surface area contributed by atoms with Crippen molar-refractivity contribution in [3.8, 4) is 0 Å². The zero-order chi connectivity index (χ0) is 20.1. The highest BCUT2D eigenvalue weighted by Crippen LogP contribution is 2.28. The first kappa shape index (κ1) is 20.3. The summed E-state index contributed by atoms with van der Waals surface area (Å²) in [4.78, 5) is 24.7. The van der Waals surface area contributed by atoms with E-state index < -0.39 is 0 Å². The van der Waals surface area contributed by atoms with Crippen LogP contribution in [0.3, 0.4) is 0 Å². The van der Waals surface area contributed by atoms with Gasteiger partial charge in [0, 0.05) is 32.9 Å². The molecule has 3 rings (SSSR count). The molecule has 5 nitrogen and oxygen atoms in total. The van der Waals surface area contributed by atoms with Gasteiger partial charge in [-0.3, -0.25) is 4.79 Å². The Morgan fingerprint density at radius 1 is 1.14 bits per heavy atom. The standard InChI is InChI=1S/C22H28N4OS/c1-5-26(14-17-10-12-18(13-11-17)25(3)4)21(27)15-28-16(2)22-23-19-8-6-7-9-20(19)24-22/h6-13,16H,5,14-15H2,1-4H3,(H,23,24). The zero-order valence-electron chi connectivity index (χ0n) is 17.0. The fourth-order valence-electron chi connectivity index (χ4n) is 3.03. The second-order valence-corrected chi connectivity index (χ2v) is 8.39. The van der Waals surface area contributed by atoms with Gasteiger partial charge in [-0.25, -0.2) is 4.98 Å². The third-order valence-corrected chi connectivity index (χ3v) is 5.95. The Morgan fingerprint density at radius 2 is 1.86 bits per heavy atom. The van der Waals surface area contributed by atoms with E-state index in [0.717, 1.165) is 28.1 Å². The summed E-state index contributed by atoms with van der Waals surface area (Å²) in [6.45, 7) is 5.46. The summed E-state index contributed by atoms with van der Waals surface area (Å²) in [6, 6.07) is 16.4. The average Bonchev–Trinajstić information content (AvgIpc) is 3.14. The number of rotatable bonds is 8. The Balaban J connectivity index is 1.57. The number of H-pyrrole nitrogens is 1. The zero-order valence-corrected chi connectivity index (χ0v) is 17.8. The Morgan fingerprint density at radius 3 is 2.50 bits per heavy atom. The molecule has 1 heterocycles. The molecule has 0 saturated heterocycles. The van der Waals surface area contributed by atoms with Crippen molar-refractivity contribution in [2.45, 2.75) is 25.6 Å². The van der Waals surface area contributed by atoms with E-state index in [1.807, 2.05) is 50.2 Å². The van der Waals surface area contributed by atoms with E-state index in [9.17, 15) is 4.79 Å². The fraction of sp³-hybridized carbons (Fsp3) is 0.364. The van der Waals surface area contributed by atoms with Crippen LogP contribution >= 0.6 is 11.8 Å². The molecule has 0 aliphatic heterocycles. The molecule has 1 atom stereocenters. The number of nitrogens with one attached hydrogen (secondary N) is 1. The third kappa shape index (κ3) is 4.87. The molecule has 148 valence electrons. The summed E-state index contributed by atoms with van der Waals surface area (Å²) in [6.07, 6.45) is 0. The lowest BCUT2D eigenvalue weighted by atomic mass is 10.2. The quantitative estimate of drug-likeness (QED) is 0.610. The average molecular weight is 397 g/mol. The van der Waals surface area contributed by atoms with Crippen LogP contribution < -0.4 is 4.90 Å². The number of benzene rings is 2. The fourth-order valence-corrected chi connectivity index (χ4v) is 3.87. The number of imidazole rings is 1. The number of aromatic nitrogens is 2. The molecule has 0 aliphatic carbocycles. The number of carbonyl (C=O) groups is 1. The number of thioether (sulfide) groups is 1. The van der Waals surface area contributed by atoms with Crippen LogP contribution in [-0.4, -0.2) is 47.2 Å². The minimum absolute atomic E-state index is 0.134. The van der Waals surface area contributed by atoms with Crippen LogP contribution in [0.4, 0.5) is 5.69 Å². The number of fused-ring (bicyclic) bond motifs is 1. The van der Waals surface area contributed by atoms with Gasteiger partial charge in [-0.05, 0) is 43.7 Å². The predicted molar refractivity (Wildman–Crippen MR) is 119 cm³/mol. The number of aromatic amines is 1. The lowest BCUT2D eigenvalue weighted by Crippen LogP contribution is -2.31. The largest absolute Gasteiger partial charge is 0.378 e. The highest BCUT2D eigenvalue weighted by atomic mass is 32.2. The van der Waals surface area contributed by atoms with Crippen molar-refractivity contribution in [3.63, 3.8) is 0 Å². The van der Waals surface area contributed by atoms with Gasteiger partial charge in [0.2, 0.25) is 5.91 Å². The van der Waals surface area contributed by atoms with E-state index in [2.05, 4.69) is 46.1 Å². The number of hydrogen-bond acceptors (Lipinski definition) is 4. The van der Waals surface area contributed by atoms with Crippen LogP contribution in [0, 0.1) is 0 Å². The summed E-state index contributed by atoms with van der Waals surface area (Å²) >= 11 is 1.62. The van der Waals surface area contributed by atoms with E-state index in [-0.39, 0.29) is 11.2 Å². The second kappa shape index (κ2) is 9.15. The smallest absolute Gasteiger partial charge is 0.232 e. The van der Waals surface area contributed by atoms with Gasteiger partial charge in [0.15, 0.2) is 0 Å². The Hall–Kier alpha value is -2.47. The van der Waals surface area contributed by atoms with Gasteiger partial charge in [0.05, 0.1) is 22.0 Å². The van der Waals surface area contributed by atoms with E-state index in [0.29, 0.717) is 18.8 Å². The molecule has 0 spiro atoms. The minimum atomic E-state index is 0.134. The molecule has 1 aromatic heterocycles. The molecule has 0 radical (unpaired) electrons. The Bertz CT molecular complexity index is 887. The number of carbonyl (C=O) groups excluding carboxylic acids is 1. The maximum absolute atomic E-state index is 12.7. The summed E-state index contributed by atoms with van der Waals surface area (Å²) in [5.74, 6) is 1.52. The van der Waals surface area contributed by atoms with Crippen LogP contribution in [0.1, 0.15) is 30.5 Å². The third-order valence-electron chi connectivity index (χ3n) is 4.81. The number of amides is 1. The highest BCUT2D eigenvalue weighted by molar-refractivity contribution is 8.00. The molecule has 2 aromatic carbocycles. The molecule has 1 unspecified atom stereocenters. The second-order valence-electron chi connectivity index (χ2n) is 7.06. The van der Waals surface area contributed by atoms with Gasteiger partial charge in [0.1, 0.15) is 5.82 Å². The SMILES string of the molecule is CCN(Cc1ccc(N(C)C)cc1)C(=O)CSC(C)c1nc2ccccc2[nH]1. The van der Waals surface area contributed by atoms with Crippen molar-refractivity contribution in [2.75, 3.05) is 31.3 Å². The van der Waals surface area contributed by atoms with E-state index in [1.54, 1.807) is 11.8 Å². The molecule has 1 amide bonds. The van der Waals surface area contributed by atoms with Crippen LogP contribution in [0.5, 0.6) is 0 Å². The Kier molecular flexibility index (Phi) is 6.62.